The van der Waals surface area contributed by atoms with Gasteiger partial charge in [0.25, 0.3) is 0 Å². The van der Waals surface area contributed by atoms with Gasteiger partial charge in [0.2, 0.25) is 0 Å². The van der Waals surface area contributed by atoms with Crippen LogP contribution in [-0.4, -0.2) is 0 Å². The number of halogens is 2. The minimum atomic E-state index is -0.399. The number of benzene rings is 2. The van der Waals surface area contributed by atoms with Crippen LogP contribution in [-0.2, 0) is 6.42 Å². The molecule has 18 heavy (non-hydrogen) atoms. The topological polar surface area (TPSA) is 26.0 Å². The fraction of sp³-hybridized carbons (Fsp3) is 0.200. The van der Waals surface area contributed by atoms with Crippen molar-refractivity contribution in [3.63, 3.8) is 0 Å². The van der Waals surface area contributed by atoms with Crippen LogP contribution in [0.1, 0.15) is 29.7 Å². The van der Waals surface area contributed by atoms with E-state index in [1.165, 1.54) is 12.1 Å². The van der Waals surface area contributed by atoms with Crippen molar-refractivity contribution in [1.29, 1.82) is 0 Å². The van der Waals surface area contributed by atoms with Crippen molar-refractivity contribution in [2.75, 3.05) is 0 Å². The number of nitrogens with two attached hydrogens (primary N) is 1. The molecule has 0 aliphatic rings. The van der Waals surface area contributed by atoms with Crippen molar-refractivity contribution in [1.82, 2.24) is 0 Å². The van der Waals surface area contributed by atoms with Gasteiger partial charge < -0.3 is 5.73 Å². The van der Waals surface area contributed by atoms with E-state index in [0.717, 1.165) is 17.5 Å². The van der Waals surface area contributed by atoms with E-state index in [9.17, 15) is 4.39 Å². The Morgan fingerprint density at radius 2 is 1.89 bits per heavy atom. The molecule has 0 aliphatic carbocycles. The first kappa shape index (κ1) is 13.1. The number of hydrogen-bond donors (Lipinski definition) is 1. The maximum atomic E-state index is 13.3. The van der Waals surface area contributed by atoms with Crippen molar-refractivity contribution in [2.24, 2.45) is 5.73 Å². The van der Waals surface area contributed by atoms with Crippen LogP contribution in [0.5, 0.6) is 0 Å². The van der Waals surface area contributed by atoms with E-state index in [1.54, 1.807) is 6.07 Å². The molecule has 94 valence electrons. The quantitative estimate of drug-likeness (QED) is 0.887. The van der Waals surface area contributed by atoms with E-state index in [1.807, 2.05) is 24.3 Å². The molecule has 0 heterocycles. The second kappa shape index (κ2) is 5.51. The average Bonchev–Trinajstić information content (AvgIpc) is 2.40. The van der Waals surface area contributed by atoms with Gasteiger partial charge in [0.1, 0.15) is 5.82 Å². The minimum absolute atomic E-state index is 0.321. The normalized spacial score (nSPS) is 12.4. The zero-order valence-electron chi connectivity index (χ0n) is 10.2. The molecule has 0 fully saturated rings. The first-order chi connectivity index (χ1) is 8.63. The Balaban J connectivity index is 2.47. The molecule has 2 N–H and O–H groups in total. The summed E-state index contributed by atoms with van der Waals surface area (Å²) in [6.45, 7) is 2.07. The van der Waals surface area contributed by atoms with Crippen LogP contribution >= 0.6 is 11.6 Å². The van der Waals surface area contributed by atoms with Gasteiger partial charge in [-0.05, 0) is 41.3 Å². The van der Waals surface area contributed by atoms with Gasteiger partial charge in [-0.2, -0.15) is 0 Å². The highest BCUT2D eigenvalue weighted by atomic mass is 35.5. The summed E-state index contributed by atoms with van der Waals surface area (Å²) in [5.41, 5.74) is 8.98. The number of hydrogen-bond acceptors (Lipinski definition) is 1. The Labute approximate surface area is 111 Å². The first-order valence-electron chi connectivity index (χ1n) is 5.91. The van der Waals surface area contributed by atoms with Gasteiger partial charge in [0, 0.05) is 5.02 Å². The molecule has 1 nitrogen and oxygen atoms in total. The standard InChI is InChI=1S/C15H15ClFN/c1-2-10-5-3-4-6-12(10)15(18)13-9-11(17)7-8-14(13)16/h3-9,15H,2,18H2,1H3. The van der Waals surface area contributed by atoms with Gasteiger partial charge in [-0.15, -0.1) is 0 Å². The molecule has 2 aromatic carbocycles. The molecule has 3 heteroatoms. The largest absolute Gasteiger partial charge is 0.320 e. The molecule has 0 radical (unpaired) electrons. The van der Waals surface area contributed by atoms with Gasteiger partial charge in [0.05, 0.1) is 6.04 Å². The van der Waals surface area contributed by atoms with Crippen LogP contribution in [0.3, 0.4) is 0 Å². The predicted molar refractivity (Wildman–Crippen MR) is 73.3 cm³/mol. The van der Waals surface area contributed by atoms with Crippen LogP contribution in [0.4, 0.5) is 4.39 Å². The average molecular weight is 264 g/mol. The number of rotatable bonds is 3. The fourth-order valence-electron chi connectivity index (χ4n) is 2.08. The van der Waals surface area contributed by atoms with E-state index < -0.39 is 6.04 Å². The lowest BCUT2D eigenvalue weighted by atomic mass is 9.94. The lowest BCUT2D eigenvalue weighted by Crippen LogP contribution is -2.14. The molecule has 0 amide bonds. The zero-order chi connectivity index (χ0) is 13.1. The second-order valence-corrected chi connectivity index (χ2v) is 4.60. The van der Waals surface area contributed by atoms with E-state index >= 15 is 0 Å². The molecular weight excluding hydrogens is 249 g/mol. The Kier molecular flexibility index (Phi) is 4.00. The zero-order valence-corrected chi connectivity index (χ0v) is 10.9. The van der Waals surface area contributed by atoms with Crippen molar-refractivity contribution in [3.8, 4) is 0 Å². The number of aryl methyl sites for hydroxylation is 1. The minimum Gasteiger partial charge on any atom is -0.320 e. The Bertz CT molecular complexity index is 554. The molecule has 1 unspecified atom stereocenters. The van der Waals surface area contributed by atoms with Crippen LogP contribution < -0.4 is 5.73 Å². The fourth-order valence-corrected chi connectivity index (χ4v) is 2.32. The van der Waals surface area contributed by atoms with Gasteiger partial charge in [-0.3, -0.25) is 0 Å². The Hall–Kier alpha value is -1.38. The summed E-state index contributed by atoms with van der Waals surface area (Å²) in [6.07, 6.45) is 0.886. The third kappa shape index (κ3) is 2.55. The summed E-state index contributed by atoms with van der Waals surface area (Å²) >= 11 is 6.09. The van der Waals surface area contributed by atoms with Gasteiger partial charge >= 0.3 is 0 Å². The van der Waals surface area contributed by atoms with E-state index in [2.05, 4.69) is 6.92 Å². The maximum Gasteiger partial charge on any atom is 0.123 e. The van der Waals surface area contributed by atoms with Crippen molar-refractivity contribution >= 4 is 11.6 Å². The Morgan fingerprint density at radius 1 is 1.17 bits per heavy atom. The summed E-state index contributed by atoms with van der Waals surface area (Å²) < 4.78 is 13.3. The van der Waals surface area contributed by atoms with Crippen LogP contribution in [0.25, 0.3) is 0 Å². The smallest absolute Gasteiger partial charge is 0.123 e. The molecule has 0 saturated heterocycles. The first-order valence-corrected chi connectivity index (χ1v) is 6.29. The summed E-state index contributed by atoms with van der Waals surface area (Å²) in [5.74, 6) is -0.321. The van der Waals surface area contributed by atoms with Crippen LogP contribution in [0, 0.1) is 5.82 Å². The molecule has 0 bridgehead atoms. The van der Waals surface area contributed by atoms with Crippen molar-refractivity contribution in [2.45, 2.75) is 19.4 Å². The molecule has 2 rings (SSSR count). The molecule has 0 aromatic heterocycles. The molecule has 1 atom stereocenters. The summed E-state index contributed by atoms with van der Waals surface area (Å²) in [7, 11) is 0. The summed E-state index contributed by atoms with van der Waals surface area (Å²) in [5, 5.41) is 0.495. The van der Waals surface area contributed by atoms with Crippen molar-refractivity contribution in [3.05, 3.63) is 70.0 Å². The molecule has 2 aromatic rings. The Morgan fingerprint density at radius 3 is 2.61 bits per heavy atom. The third-order valence-corrected chi connectivity index (χ3v) is 3.41. The van der Waals surface area contributed by atoms with Crippen LogP contribution in [0.15, 0.2) is 42.5 Å². The summed E-state index contributed by atoms with van der Waals surface area (Å²) in [4.78, 5) is 0. The van der Waals surface area contributed by atoms with Gasteiger partial charge in [-0.25, -0.2) is 4.39 Å². The molecular formula is C15H15ClFN. The highest BCUT2D eigenvalue weighted by Gasteiger charge is 2.15. The van der Waals surface area contributed by atoms with E-state index in [0.29, 0.717) is 10.6 Å². The maximum absolute atomic E-state index is 13.3. The highest BCUT2D eigenvalue weighted by molar-refractivity contribution is 6.31. The third-order valence-electron chi connectivity index (χ3n) is 3.06. The molecule has 0 spiro atoms. The highest BCUT2D eigenvalue weighted by Crippen LogP contribution is 2.29. The lowest BCUT2D eigenvalue weighted by Gasteiger charge is -2.17. The van der Waals surface area contributed by atoms with Gasteiger partial charge in [-0.1, -0.05) is 42.8 Å². The second-order valence-electron chi connectivity index (χ2n) is 4.20. The SMILES string of the molecule is CCc1ccccc1C(N)c1cc(F)ccc1Cl. The molecule has 0 saturated carbocycles. The van der Waals surface area contributed by atoms with E-state index in [-0.39, 0.29) is 5.82 Å². The van der Waals surface area contributed by atoms with Crippen LogP contribution in [0.2, 0.25) is 5.02 Å². The predicted octanol–water partition coefficient (Wildman–Crippen LogP) is 4.09. The van der Waals surface area contributed by atoms with Gasteiger partial charge in [0.15, 0.2) is 0 Å². The van der Waals surface area contributed by atoms with E-state index in [4.69, 9.17) is 17.3 Å². The molecule has 0 aliphatic heterocycles. The van der Waals surface area contributed by atoms with Crippen molar-refractivity contribution < 1.29 is 4.39 Å². The lowest BCUT2D eigenvalue weighted by molar-refractivity contribution is 0.623. The monoisotopic (exact) mass is 263 g/mol. The summed E-state index contributed by atoms with van der Waals surface area (Å²) in [6, 6.07) is 11.8.